The van der Waals surface area contributed by atoms with Crippen molar-refractivity contribution in [2.24, 2.45) is 10.8 Å². The summed E-state index contributed by atoms with van der Waals surface area (Å²) in [6, 6.07) is 6.44. The van der Waals surface area contributed by atoms with Gasteiger partial charge in [-0.2, -0.15) is 0 Å². The molecule has 1 saturated heterocycles. The van der Waals surface area contributed by atoms with Crippen LogP contribution in [0.1, 0.15) is 84.8 Å². The van der Waals surface area contributed by atoms with Crippen molar-refractivity contribution in [3.8, 4) is 5.75 Å². The molecule has 0 unspecified atom stereocenters. The van der Waals surface area contributed by atoms with Crippen LogP contribution in [0, 0.1) is 24.7 Å². The molecule has 1 heterocycles. The maximum absolute atomic E-state index is 6.39. The molecule has 0 radical (unpaired) electrons. The van der Waals surface area contributed by atoms with Gasteiger partial charge in [0, 0.05) is 5.31 Å². The number of aryl methyl sites for hydroxylation is 2. The van der Waals surface area contributed by atoms with Crippen LogP contribution in [0.15, 0.2) is 18.2 Å². The Morgan fingerprint density at radius 2 is 1.59 bits per heavy atom. The van der Waals surface area contributed by atoms with Crippen LogP contribution in [-0.2, 0) is 9.31 Å². The van der Waals surface area contributed by atoms with E-state index in [4.69, 9.17) is 14.0 Å². The summed E-state index contributed by atoms with van der Waals surface area (Å²) < 4.78 is 18.9. The predicted octanol–water partition coefficient (Wildman–Crippen LogP) is 6.51. The van der Waals surface area contributed by atoms with Crippen LogP contribution in [0.25, 0.3) is 0 Å². The van der Waals surface area contributed by atoms with Crippen molar-refractivity contribution in [3.05, 3.63) is 29.3 Å². The van der Waals surface area contributed by atoms with Crippen molar-refractivity contribution >= 4 is 7.12 Å². The molecular formula is C25H39BO3. The second-order valence-corrected chi connectivity index (χ2v) is 11.9. The third-order valence-electron chi connectivity index (χ3n) is 8.81. The zero-order valence-corrected chi connectivity index (χ0v) is 19.8. The highest BCUT2D eigenvalue weighted by Crippen LogP contribution is 2.85. The quantitative estimate of drug-likeness (QED) is 0.387. The van der Waals surface area contributed by atoms with E-state index in [1.165, 1.54) is 36.8 Å². The van der Waals surface area contributed by atoms with Crippen LogP contribution >= 0.6 is 0 Å². The highest BCUT2D eigenvalue weighted by atomic mass is 16.7. The largest absolute Gasteiger partial charge is 0.493 e. The Labute approximate surface area is 178 Å². The number of rotatable bonds is 7. The molecule has 3 nitrogen and oxygen atoms in total. The summed E-state index contributed by atoms with van der Waals surface area (Å²) in [4.78, 5) is 0. The molecule has 4 fully saturated rings. The first-order valence-corrected chi connectivity index (χ1v) is 11.4. The highest BCUT2D eigenvalue weighted by Gasteiger charge is 2.79. The number of hydrogen-bond acceptors (Lipinski definition) is 3. The van der Waals surface area contributed by atoms with Gasteiger partial charge in [0.15, 0.2) is 0 Å². The average Bonchev–Trinajstić information content (AvgIpc) is 2.72. The Kier molecular flexibility index (Phi) is 4.76. The molecule has 4 heteroatoms. The van der Waals surface area contributed by atoms with Gasteiger partial charge in [0.2, 0.25) is 0 Å². The van der Waals surface area contributed by atoms with Crippen molar-refractivity contribution in [3.63, 3.8) is 0 Å². The standard InChI is InChI=1S/C25H39BO3/c1-18-10-11-19(2)20(14-18)27-13-9-12-21(3,4)24-15-25(16-24,17-24)26-28-22(5,6)23(7,8)29-26/h10-11,14H,9,12-13,15-17H2,1-8H3. The van der Waals surface area contributed by atoms with Crippen molar-refractivity contribution in [2.75, 3.05) is 6.61 Å². The van der Waals surface area contributed by atoms with Gasteiger partial charge in [0.1, 0.15) is 5.75 Å². The van der Waals surface area contributed by atoms with Gasteiger partial charge < -0.3 is 14.0 Å². The Bertz CT molecular complexity index is 759. The van der Waals surface area contributed by atoms with Gasteiger partial charge in [-0.25, -0.2) is 0 Å². The fraction of sp³-hybridized carbons (Fsp3) is 0.760. The monoisotopic (exact) mass is 398 g/mol. The molecule has 1 aliphatic heterocycles. The van der Waals surface area contributed by atoms with Crippen LogP contribution in [-0.4, -0.2) is 24.9 Å². The molecule has 1 aromatic carbocycles. The Morgan fingerprint density at radius 3 is 2.17 bits per heavy atom. The first kappa shape index (κ1) is 21.2. The summed E-state index contributed by atoms with van der Waals surface area (Å²) >= 11 is 0. The lowest BCUT2D eigenvalue weighted by molar-refractivity contribution is -0.191. The molecule has 0 amide bonds. The van der Waals surface area contributed by atoms with E-state index in [1.54, 1.807) is 0 Å². The Balaban J connectivity index is 1.28. The van der Waals surface area contributed by atoms with E-state index >= 15 is 0 Å². The predicted molar refractivity (Wildman–Crippen MR) is 119 cm³/mol. The minimum atomic E-state index is -0.221. The van der Waals surface area contributed by atoms with Gasteiger partial charge in [-0.1, -0.05) is 26.0 Å². The van der Waals surface area contributed by atoms with Crippen molar-refractivity contribution < 1.29 is 14.0 Å². The fourth-order valence-electron chi connectivity index (χ4n) is 5.75. The number of hydrogen-bond donors (Lipinski definition) is 0. The molecule has 2 bridgehead atoms. The summed E-state index contributed by atoms with van der Waals surface area (Å²) in [7, 11) is -0.0298. The van der Waals surface area contributed by atoms with Gasteiger partial charge in [-0.05, 0) is 102 Å². The second kappa shape index (κ2) is 6.50. The smallest absolute Gasteiger partial charge is 0.464 e. The van der Waals surface area contributed by atoms with Gasteiger partial charge >= 0.3 is 7.12 Å². The number of ether oxygens (including phenoxy) is 1. The zero-order chi connectivity index (χ0) is 21.3. The third kappa shape index (κ3) is 3.26. The summed E-state index contributed by atoms with van der Waals surface area (Å²) in [6.07, 6.45) is 6.06. The van der Waals surface area contributed by atoms with E-state index in [-0.39, 0.29) is 23.6 Å². The van der Waals surface area contributed by atoms with Gasteiger partial charge in [-0.15, -0.1) is 0 Å². The van der Waals surface area contributed by atoms with E-state index in [1.807, 2.05) is 0 Å². The van der Waals surface area contributed by atoms with Crippen molar-refractivity contribution in [1.29, 1.82) is 0 Å². The van der Waals surface area contributed by atoms with Crippen molar-refractivity contribution in [1.82, 2.24) is 0 Å². The van der Waals surface area contributed by atoms with Crippen molar-refractivity contribution in [2.45, 2.75) is 104 Å². The molecule has 0 N–H and O–H groups in total. The fourth-order valence-corrected chi connectivity index (χ4v) is 5.75. The van der Waals surface area contributed by atoms with E-state index in [0.717, 1.165) is 18.8 Å². The van der Waals surface area contributed by atoms with Crippen LogP contribution in [0.2, 0.25) is 5.31 Å². The summed E-state index contributed by atoms with van der Waals surface area (Å²) in [6.45, 7) is 18.6. The molecule has 3 aliphatic carbocycles. The maximum Gasteiger partial charge on any atom is 0.464 e. The van der Waals surface area contributed by atoms with Gasteiger partial charge in [0.05, 0.1) is 17.8 Å². The molecule has 0 atom stereocenters. The average molecular weight is 398 g/mol. The topological polar surface area (TPSA) is 27.7 Å². The molecule has 4 aliphatic rings. The van der Waals surface area contributed by atoms with E-state index in [9.17, 15) is 0 Å². The minimum Gasteiger partial charge on any atom is -0.493 e. The summed E-state index contributed by atoms with van der Waals surface area (Å²) in [5.41, 5.74) is 2.84. The Hall–Kier alpha value is -0.995. The lowest BCUT2D eigenvalue weighted by atomic mass is 9.20. The molecule has 160 valence electrons. The molecular weight excluding hydrogens is 359 g/mol. The van der Waals surface area contributed by atoms with E-state index in [2.05, 4.69) is 73.6 Å². The SMILES string of the molecule is Cc1ccc(C)c(OCCCC(C)(C)C23CC(B4OC(C)(C)C(C)(C)O4)(C2)C3)c1. The molecule has 0 spiro atoms. The van der Waals surface area contributed by atoms with Crippen LogP contribution in [0.5, 0.6) is 5.75 Å². The van der Waals surface area contributed by atoms with Crippen LogP contribution in [0.3, 0.4) is 0 Å². The molecule has 0 aromatic heterocycles. The van der Waals surface area contributed by atoms with E-state index < -0.39 is 0 Å². The van der Waals surface area contributed by atoms with E-state index in [0.29, 0.717) is 10.8 Å². The highest BCUT2D eigenvalue weighted by molar-refractivity contribution is 6.51. The summed E-state index contributed by atoms with van der Waals surface area (Å²) in [5, 5.41) is 0.261. The summed E-state index contributed by atoms with van der Waals surface area (Å²) in [5.74, 6) is 1.04. The zero-order valence-electron chi connectivity index (χ0n) is 19.8. The first-order chi connectivity index (χ1) is 13.3. The van der Waals surface area contributed by atoms with Gasteiger partial charge in [0.25, 0.3) is 0 Å². The third-order valence-corrected chi connectivity index (χ3v) is 8.81. The second-order valence-electron chi connectivity index (χ2n) is 11.9. The Morgan fingerprint density at radius 1 is 1.00 bits per heavy atom. The lowest BCUT2D eigenvalue weighted by Crippen LogP contribution is -2.68. The number of benzene rings is 1. The minimum absolute atomic E-state index is 0.0298. The molecule has 5 rings (SSSR count). The molecule has 3 saturated carbocycles. The first-order valence-electron chi connectivity index (χ1n) is 11.4. The lowest BCUT2D eigenvalue weighted by Gasteiger charge is -2.76. The molecule has 1 aromatic rings. The maximum atomic E-state index is 6.39. The molecule has 29 heavy (non-hydrogen) atoms. The van der Waals surface area contributed by atoms with Crippen LogP contribution < -0.4 is 4.74 Å². The van der Waals surface area contributed by atoms with Gasteiger partial charge in [-0.3, -0.25) is 0 Å². The normalized spacial score (nSPS) is 31.9. The van der Waals surface area contributed by atoms with Crippen LogP contribution in [0.4, 0.5) is 0 Å².